The van der Waals surface area contributed by atoms with Gasteiger partial charge in [0.15, 0.2) is 6.10 Å². The highest BCUT2D eigenvalue weighted by atomic mass is 32.2. The number of anilines is 2. The maximum Gasteiger partial charge on any atom is 0.265 e. The smallest absolute Gasteiger partial charge is 0.265 e. The van der Waals surface area contributed by atoms with E-state index in [0.29, 0.717) is 30.0 Å². The molecule has 1 N–H and O–H groups in total. The van der Waals surface area contributed by atoms with Crippen LogP contribution in [0.1, 0.15) is 18.9 Å². The van der Waals surface area contributed by atoms with Crippen LogP contribution in [0, 0.1) is 11.3 Å². The van der Waals surface area contributed by atoms with Gasteiger partial charge in [0.1, 0.15) is 5.75 Å². The number of hydrogen-bond donors (Lipinski definition) is 1. The van der Waals surface area contributed by atoms with E-state index in [2.05, 4.69) is 11.4 Å². The molecule has 0 fully saturated rings. The van der Waals surface area contributed by atoms with Crippen molar-refractivity contribution in [2.75, 3.05) is 22.9 Å². The maximum absolute atomic E-state index is 12.5. The van der Waals surface area contributed by atoms with Gasteiger partial charge >= 0.3 is 0 Å². The second-order valence-corrected chi connectivity index (χ2v) is 8.27. The van der Waals surface area contributed by atoms with Crippen molar-refractivity contribution in [1.82, 2.24) is 0 Å². The fraction of sp³-hybridized carbons (Fsp3) is 0.300. The molecule has 1 atom stereocenters. The van der Waals surface area contributed by atoms with E-state index in [1.807, 2.05) is 6.92 Å². The van der Waals surface area contributed by atoms with E-state index in [4.69, 9.17) is 10.00 Å². The summed E-state index contributed by atoms with van der Waals surface area (Å²) >= 11 is 0. The molecule has 1 amide bonds. The van der Waals surface area contributed by atoms with Gasteiger partial charge in [0.25, 0.3) is 5.91 Å². The van der Waals surface area contributed by atoms with Crippen molar-refractivity contribution in [3.63, 3.8) is 0 Å². The molecule has 7 nitrogen and oxygen atoms in total. The lowest BCUT2D eigenvalue weighted by molar-refractivity contribution is -0.122. The third-order valence-corrected chi connectivity index (χ3v) is 5.35. The highest BCUT2D eigenvalue weighted by molar-refractivity contribution is 7.92. The highest BCUT2D eigenvalue weighted by Crippen LogP contribution is 2.22. The van der Waals surface area contributed by atoms with E-state index in [-0.39, 0.29) is 5.91 Å². The number of rotatable bonds is 8. The summed E-state index contributed by atoms with van der Waals surface area (Å²) in [6.45, 7) is 1.84. The van der Waals surface area contributed by atoms with E-state index in [1.165, 1.54) is 7.05 Å². The van der Waals surface area contributed by atoms with Crippen molar-refractivity contribution >= 4 is 27.3 Å². The largest absolute Gasteiger partial charge is 0.481 e. The lowest BCUT2D eigenvalue weighted by Crippen LogP contribution is -2.32. The molecule has 0 aliphatic rings. The third kappa shape index (κ3) is 5.72. The van der Waals surface area contributed by atoms with E-state index in [1.54, 1.807) is 48.5 Å². The average Bonchev–Trinajstić information content (AvgIpc) is 2.67. The molecule has 2 aromatic rings. The summed E-state index contributed by atoms with van der Waals surface area (Å²) in [5, 5.41) is 11.5. The highest BCUT2D eigenvalue weighted by Gasteiger charge is 2.19. The van der Waals surface area contributed by atoms with E-state index < -0.39 is 16.1 Å². The molecule has 1 unspecified atom stereocenters. The summed E-state index contributed by atoms with van der Waals surface area (Å²) in [4.78, 5) is 12.5. The molecule has 0 heterocycles. The molecule has 0 saturated carbocycles. The Bertz CT molecular complexity index is 948. The molecule has 0 saturated heterocycles. The van der Waals surface area contributed by atoms with Crippen LogP contribution in [0.15, 0.2) is 48.5 Å². The van der Waals surface area contributed by atoms with Crippen LogP contribution in [0.5, 0.6) is 5.75 Å². The van der Waals surface area contributed by atoms with Crippen LogP contribution in [0.3, 0.4) is 0 Å². The van der Waals surface area contributed by atoms with Gasteiger partial charge < -0.3 is 10.1 Å². The molecular weight excluding hydrogens is 378 g/mol. The lowest BCUT2D eigenvalue weighted by Gasteiger charge is -2.19. The standard InChI is InChI=1S/C20H23N3O4S/c1-4-19(20(24)22-16-7-5-15(6-8-16)13-14-21)27-18-11-9-17(10-12-18)23(2)28(3,25)26/h5-12,19H,4,13H2,1-3H3,(H,22,24). The summed E-state index contributed by atoms with van der Waals surface area (Å²) < 4.78 is 30.1. The fourth-order valence-corrected chi connectivity index (χ4v) is 2.94. The summed E-state index contributed by atoms with van der Waals surface area (Å²) in [7, 11) is -1.87. The second-order valence-electron chi connectivity index (χ2n) is 6.26. The maximum atomic E-state index is 12.5. The number of carbonyl (C=O) groups excluding carboxylic acids is 1. The first-order valence-corrected chi connectivity index (χ1v) is 10.6. The number of carbonyl (C=O) groups is 1. The minimum atomic E-state index is -3.34. The van der Waals surface area contributed by atoms with Crippen LogP contribution in [0.4, 0.5) is 11.4 Å². The zero-order valence-corrected chi connectivity index (χ0v) is 16.9. The number of nitriles is 1. The molecule has 0 aromatic heterocycles. The Kier molecular flexibility index (Phi) is 7.01. The molecular formula is C20H23N3O4S. The molecule has 0 spiro atoms. The number of nitrogens with zero attached hydrogens (tertiary/aromatic N) is 2. The average molecular weight is 401 g/mol. The predicted octanol–water partition coefficient (Wildman–Crippen LogP) is 2.94. The van der Waals surface area contributed by atoms with Crippen LogP contribution in [0.25, 0.3) is 0 Å². The Morgan fingerprint density at radius 2 is 1.79 bits per heavy atom. The number of amides is 1. The molecule has 2 aromatic carbocycles. The third-order valence-electron chi connectivity index (χ3n) is 4.14. The van der Waals surface area contributed by atoms with Crippen LogP contribution < -0.4 is 14.4 Å². The predicted molar refractivity (Wildman–Crippen MR) is 109 cm³/mol. The van der Waals surface area contributed by atoms with E-state index >= 15 is 0 Å². The van der Waals surface area contributed by atoms with Gasteiger partial charge in [-0.15, -0.1) is 0 Å². The lowest BCUT2D eigenvalue weighted by atomic mass is 10.1. The Labute approximate surface area is 165 Å². The summed E-state index contributed by atoms with van der Waals surface area (Å²) in [5.74, 6) is 0.185. The van der Waals surface area contributed by atoms with Gasteiger partial charge in [0.2, 0.25) is 10.0 Å². The first-order valence-electron chi connectivity index (χ1n) is 8.72. The quantitative estimate of drug-likeness (QED) is 0.733. The fourth-order valence-electron chi connectivity index (χ4n) is 2.43. The van der Waals surface area contributed by atoms with Gasteiger partial charge in [-0.25, -0.2) is 8.42 Å². The van der Waals surface area contributed by atoms with Gasteiger partial charge in [0.05, 0.1) is 24.4 Å². The minimum absolute atomic E-state index is 0.284. The van der Waals surface area contributed by atoms with Crippen LogP contribution in [0.2, 0.25) is 0 Å². The minimum Gasteiger partial charge on any atom is -0.481 e. The number of benzene rings is 2. The van der Waals surface area contributed by atoms with Crippen LogP contribution >= 0.6 is 0 Å². The number of sulfonamides is 1. The Morgan fingerprint density at radius 3 is 2.29 bits per heavy atom. The van der Waals surface area contributed by atoms with Crippen LogP contribution in [-0.2, 0) is 21.2 Å². The summed E-state index contributed by atoms with van der Waals surface area (Å²) in [6.07, 6.45) is 1.21. The molecule has 8 heteroatoms. The van der Waals surface area contributed by atoms with Gasteiger partial charge in [0, 0.05) is 12.7 Å². The van der Waals surface area contributed by atoms with Crippen molar-refractivity contribution in [3.8, 4) is 11.8 Å². The SMILES string of the molecule is CCC(Oc1ccc(N(C)S(C)(=O)=O)cc1)C(=O)Nc1ccc(CC#N)cc1. The Morgan fingerprint density at radius 1 is 1.18 bits per heavy atom. The molecule has 28 heavy (non-hydrogen) atoms. The van der Waals surface area contributed by atoms with Crippen molar-refractivity contribution in [2.45, 2.75) is 25.9 Å². The van der Waals surface area contributed by atoms with E-state index in [9.17, 15) is 13.2 Å². The second kappa shape index (κ2) is 9.24. The zero-order chi connectivity index (χ0) is 20.7. The normalized spacial score (nSPS) is 11.9. The molecule has 0 radical (unpaired) electrons. The van der Waals surface area contributed by atoms with E-state index in [0.717, 1.165) is 16.1 Å². The first kappa shape index (κ1) is 21.3. The molecule has 0 aliphatic carbocycles. The summed E-state index contributed by atoms with van der Waals surface area (Å²) in [6, 6.07) is 15.6. The monoisotopic (exact) mass is 401 g/mol. The Hall–Kier alpha value is -3.05. The van der Waals surface area contributed by atoms with Gasteiger partial charge in [-0.2, -0.15) is 5.26 Å². The van der Waals surface area contributed by atoms with Crippen molar-refractivity contribution in [3.05, 3.63) is 54.1 Å². The summed E-state index contributed by atoms with van der Waals surface area (Å²) in [5.41, 5.74) is 2.01. The van der Waals surface area contributed by atoms with Gasteiger partial charge in [-0.05, 0) is 48.4 Å². The molecule has 2 rings (SSSR count). The van der Waals surface area contributed by atoms with Gasteiger partial charge in [-0.1, -0.05) is 19.1 Å². The first-order chi connectivity index (χ1) is 13.2. The molecule has 0 bridgehead atoms. The van der Waals surface area contributed by atoms with Crippen molar-refractivity contribution in [1.29, 1.82) is 5.26 Å². The topological polar surface area (TPSA) is 99.5 Å². The zero-order valence-electron chi connectivity index (χ0n) is 16.0. The number of ether oxygens (including phenoxy) is 1. The Balaban J connectivity index is 2.03. The van der Waals surface area contributed by atoms with Crippen LogP contribution in [-0.4, -0.2) is 33.7 Å². The van der Waals surface area contributed by atoms with Crippen molar-refractivity contribution < 1.29 is 17.9 Å². The number of hydrogen-bond acceptors (Lipinski definition) is 5. The molecule has 0 aliphatic heterocycles. The number of nitrogens with one attached hydrogen (secondary N) is 1. The molecule has 148 valence electrons. The van der Waals surface area contributed by atoms with Crippen molar-refractivity contribution in [2.24, 2.45) is 0 Å². The van der Waals surface area contributed by atoms with Gasteiger partial charge in [-0.3, -0.25) is 9.10 Å².